The Hall–Kier alpha value is -6.46. The Morgan fingerprint density at radius 1 is 0.725 bits per heavy atom. The van der Waals surface area contributed by atoms with E-state index in [2.05, 4.69) is 114 Å². The summed E-state index contributed by atoms with van der Waals surface area (Å²) in [7, 11) is 2.08. The van der Waals surface area contributed by atoms with Gasteiger partial charge in [0.25, 0.3) is 0 Å². The SMILES string of the molecule is CN1C=C(c2ccccc2)C=N[C@@H]1c1cc(/C=N/C2=C(C(=N)c3ccccc3)c3ccccc3CC2)cc(-c2ccc(-c3ccccn3)cc2)c1. The molecular weight excluding hydrogens is 623 g/mol. The second-order valence-electron chi connectivity index (χ2n) is 12.9. The van der Waals surface area contributed by atoms with Crippen molar-refractivity contribution >= 4 is 29.3 Å². The highest BCUT2D eigenvalue weighted by molar-refractivity contribution is 6.31. The number of aromatic nitrogens is 1. The first-order chi connectivity index (χ1) is 25.1. The Balaban J connectivity index is 1.20. The first kappa shape index (κ1) is 31.8. The number of allylic oxidation sites excluding steroid dienone is 3. The summed E-state index contributed by atoms with van der Waals surface area (Å²) in [6.45, 7) is 0. The van der Waals surface area contributed by atoms with Crippen molar-refractivity contribution in [2.24, 2.45) is 9.98 Å². The summed E-state index contributed by atoms with van der Waals surface area (Å²) < 4.78 is 0. The smallest absolute Gasteiger partial charge is 0.146 e. The number of nitrogens with zero attached hydrogens (tertiary/aromatic N) is 4. The molecule has 0 radical (unpaired) electrons. The summed E-state index contributed by atoms with van der Waals surface area (Å²) in [6, 6.07) is 49.9. The molecule has 246 valence electrons. The van der Waals surface area contributed by atoms with Gasteiger partial charge < -0.3 is 4.90 Å². The molecule has 0 saturated carbocycles. The highest BCUT2D eigenvalue weighted by atomic mass is 15.2. The minimum atomic E-state index is -0.194. The molecule has 0 bridgehead atoms. The van der Waals surface area contributed by atoms with Gasteiger partial charge in [0.2, 0.25) is 0 Å². The maximum atomic E-state index is 9.30. The van der Waals surface area contributed by atoms with Gasteiger partial charge in [-0.25, -0.2) is 0 Å². The monoisotopic (exact) mass is 659 g/mol. The van der Waals surface area contributed by atoms with Gasteiger partial charge in [-0.05, 0) is 82.1 Å². The summed E-state index contributed by atoms with van der Waals surface area (Å²) in [5.74, 6) is 0. The van der Waals surface area contributed by atoms with Crippen molar-refractivity contribution in [3.63, 3.8) is 0 Å². The van der Waals surface area contributed by atoms with E-state index in [1.54, 1.807) is 0 Å². The van der Waals surface area contributed by atoms with E-state index < -0.39 is 0 Å². The van der Waals surface area contributed by atoms with E-state index in [1.807, 2.05) is 73.2 Å². The Bertz CT molecular complexity index is 2320. The summed E-state index contributed by atoms with van der Waals surface area (Å²) >= 11 is 0. The lowest BCUT2D eigenvalue weighted by molar-refractivity contribution is 0.347. The molecule has 0 unspecified atom stereocenters. The Labute approximate surface area is 299 Å². The molecule has 2 heterocycles. The molecular formula is C46H37N5. The predicted octanol–water partition coefficient (Wildman–Crippen LogP) is 10.3. The van der Waals surface area contributed by atoms with E-state index in [4.69, 9.17) is 9.98 Å². The fourth-order valence-electron chi connectivity index (χ4n) is 6.94. The third kappa shape index (κ3) is 6.75. The van der Waals surface area contributed by atoms with Gasteiger partial charge in [0.05, 0.1) is 17.1 Å². The lowest BCUT2D eigenvalue weighted by Gasteiger charge is -2.28. The van der Waals surface area contributed by atoms with Crippen LogP contribution in [0.25, 0.3) is 33.5 Å². The van der Waals surface area contributed by atoms with Crippen LogP contribution >= 0.6 is 0 Å². The summed E-state index contributed by atoms with van der Waals surface area (Å²) in [6.07, 6.45) is 9.40. The predicted molar refractivity (Wildman–Crippen MR) is 211 cm³/mol. The topological polar surface area (TPSA) is 64.7 Å². The zero-order valence-electron chi connectivity index (χ0n) is 28.4. The van der Waals surface area contributed by atoms with Gasteiger partial charge in [-0.3, -0.25) is 20.4 Å². The maximum absolute atomic E-state index is 9.30. The van der Waals surface area contributed by atoms with Crippen LogP contribution in [0.4, 0.5) is 0 Å². The van der Waals surface area contributed by atoms with Crippen LogP contribution in [0, 0.1) is 5.41 Å². The van der Waals surface area contributed by atoms with E-state index in [0.29, 0.717) is 5.71 Å². The van der Waals surface area contributed by atoms with E-state index >= 15 is 0 Å². The molecule has 5 heteroatoms. The number of aliphatic imine (C=N–C) groups is 2. The zero-order chi connectivity index (χ0) is 34.6. The molecule has 1 aliphatic carbocycles. The number of aryl methyl sites for hydroxylation is 1. The van der Waals surface area contributed by atoms with Crippen LogP contribution in [0.3, 0.4) is 0 Å². The number of pyridine rings is 1. The second kappa shape index (κ2) is 14.2. The Morgan fingerprint density at radius 2 is 1.45 bits per heavy atom. The molecule has 0 spiro atoms. The average molecular weight is 660 g/mol. The van der Waals surface area contributed by atoms with Crippen LogP contribution in [0.5, 0.6) is 0 Å². The number of nitrogens with one attached hydrogen (secondary N) is 1. The van der Waals surface area contributed by atoms with Gasteiger partial charge in [-0.15, -0.1) is 0 Å². The molecule has 1 atom stereocenters. The quantitative estimate of drug-likeness (QED) is 0.165. The zero-order valence-corrected chi connectivity index (χ0v) is 28.4. The fourth-order valence-corrected chi connectivity index (χ4v) is 6.94. The van der Waals surface area contributed by atoms with Crippen molar-refractivity contribution in [1.29, 1.82) is 5.41 Å². The highest BCUT2D eigenvalue weighted by Crippen LogP contribution is 2.36. The van der Waals surface area contributed by atoms with Crippen LogP contribution in [0.1, 0.15) is 46.0 Å². The normalized spacial score (nSPS) is 15.5. The number of benzene rings is 5. The summed E-state index contributed by atoms with van der Waals surface area (Å²) in [5, 5.41) is 9.30. The summed E-state index contributed by atoms with van der Waals surface area (Å²) in [5.41, 5.74) is 14.0. The molecule has 1 aromatic heterocycles. The van der Waals surface area contributed by atoms with Crippen molar-refractivity contribution in [1.82, 2.24) is 9.88 Å². The minimum absolute atomic E-state index is 0.194. The third-order valence-electron chi connectivity index (χ3n) is 9.53. The minimum Gasteiger partial charge on any atom is -0.355 e. The molecule has 8 rings (SSSR count). The maximum Gasteiger partial charge on any atom is 0.146 e. The van der Waals surface area contributed by atoms with Gasteiger partial charge in [0, 0.05) is 54.1 Å². The van der Waals surface area contributed by atoms with Gasteiger partial charge in [-0.1, -0.05) is 115 Å². The largest absolute Gasteiger partial charge is 0.355 e. The molecule has 0 fully saturated rings. The van der Waals surface area contributed by atoms with E-state index in [1.165, 1.54) is 5.56 Å². The highest BCUT2D eigenvalue weighted by Gasteiger charge is 2.23. The van der Waals surface area contributed by atoms with Crippen molar-refractivity contribution in [2.45, 2.75) is 19.0 Å². The molecule has 1 N–H and O–H groups in total. The molecule has 0 amide bonds. The van der Waals surface area contributed by atoms with E-state index in [0.717, 1.165) is 79.9 Å². The van der Waals surface area contributed by atoms with E-state index in [-0.39, 0.29) is 6.17 Å². The summed E-state index contributed by atoms with van der Waals surface area (Å²) in [4.78, 5) is 16.9. The van der Waals surface area contributed by atoms with Crippen molar-refractivity contribution in [3.8, 4) is 22.4 Å². The third-order valence-corrected chi connectivity index (χ3v) is 9.53. The lowest BCUT2D eigenvalue weighted by Crippen LogP contribution is -2.21. The molecule has 0 saturated heterocycles. The molecule has 1 aliphatic heterocycles. The first-order valence-corrected chi connectivity index (χ1v) is 17.3. The van der Waals surface area contributed by atoms with Crippen LogP contribution in [0.15, 0.2) is 174 Å². The molecule has 51 heavy (non-hydrogen) atoms. The van der Waals surface area contributed by atoms with Crippen LogP contribution in [-0.4, -0.2) is 35.1 Å². The Kier molecular flexibility index (Phi) is 8.84. The van der Waals surface area contributed by atoms with Crippen LogP contribution in [0.2, 0.25) is 0 Å². The number of hydrogen-bond donors (Lipinski definition) is 1. The first-order valence-electron chi connectivity index (χ1n) is 17.3. The van der Waals surface area contributed by atoms with Crippen LogP contribution < -0.4 is 0 Å². The van der Waals surface area contributed by atoms with Crippen molar-refractivity contribution in [3.05, 3.63) is 197 Å². The standard InChI is InChI=1S/C46H37N5/c1-51-31-40(33-12-4-2-5-13-33)30-50-46(51)39-27-32(26-38(28-39)34-19-21-36(22-20-34)42-18-10-11-25-48-42)29-49-43-24-23-35-14-8-9-17-41(35)44(43)45(47)37-15-6-3-7-16-37/h2-22,25-31,46-47H,23-24H2,1H3/b47-45?,49-29+/t46-/m0/s1. The van der Waals surface area contributed by atoms with Crippen molar-refractivity contribution in [2.75, 3.05) is 7.05 Å². The van der Waals surface area contributed by atoms with Gasteiger partial charge >= 0.3 is 0 Å². The second-order valence-corrected chi connectivity index (χ2v) is 12.9. The molecule has 6 aromatic rings. The number of fused-ring (bicyclic) bond motifs is 1. The van der Waals surface area contributed by atoms with Crippen LogP contribution in [-0.2, 0) is 6.42 Å². The molecule has 5 nitrogen and oxygen atoms in total. The van der Waals surface area contributed by atoms with E-state index in [9.17, 15) is 5.41 Å². The number of hydrogen-bond acceptors (Lipinski definition) is 5. The number of rotatable bonds is 8. The Morgan fingerprint density at radius 3 is 2.22 bits per heavy atom. The van der Waals surface area contributed by atoms with Gasteiger partial charge in [-0.2, -0.15) is 0 Å². The molecule has 2 aliphatic rings. The van der Waals surface area contributed by atoms with Crippen molar-refractivity contribution < 1.29 is 0 Å². The lowest BCUT2D eigenvalue weighted by atomic mass is 9.84. The van der Waals surface area contributed by atoms with Gasteiger partial charge in [0.15, 0.2) is 0 Å². The van der Waals surface area contributed by atoms with Gasteiger partial charge in [0.1, 0.15) is 6.17 Å². The fraction of sp³-hybridized carbons (Fsp3) is 0.0870. The molecule has 5 aromatic carbocycles. The average Bonchev–Trinajstić information content (AvgIpc) is 3.20.